The van der Waals surface area contributed by atoms with Gasteiger partial charge in [-0.3, -0.25) is 4.99 Å². The topological polar surface area (TPSA) is 81.8 Å². The Morgan fingerprint density at radius 1 is 1.03 bits per heavy atom. The van der Waals surface area contributed by atoms with Gasteiger partial charge in [0.05, 0.1) is 16.3 Å². The average Bonchev–Trinajstić information content (AvgIpc) is 3.21. The van der Waals surface area contributed by atoms with Crippen molar-refractivity contribution in [1.82, 2.24) is 0 Å². The molecule has 5 rings (SSSR count). The van der Waals surface area contributed by atoms with Crippen LogP contribution in [0, 0.1) is 13.8 Å². The average molecular weight is 461 g/mol. The summed E-state index contributed by atoms with van der Waals surface area (Å²) in [6.45, 7) is 5.15. The number of nitrogens with one attached hydrogen (secondary N) is 1. The molecule has 0 spiro atoms. The molecule has 2 aliphatic rings. The Hall–Kier alpha value is -3.45. The van der Waals surface area contributed by atoms with E-state index in [0.717, 1.165) is 17.6 Å². The molecule has 0 aliphatic carbocycles. The van der Waals surface area contributed by atoms with Crippen molar-refractivity contribution in [1.29, 1.82) is 0 Å². The molecule has 0 saturated heterocycles. The zero-order valence-corrected chi connectivity index (χ0v) is 19.5. The maximum absolute atomic E-state index is 13.5. The highest BCUT2D eigenvalue weighted by atomic mass is 32.2. The molecule has 0 saturated carbocycles. The number of nitrogens with zero attached hydrogens (tertiary/aromatic N) is 2. The Labute approximate surface area is 193 Å². The lowest BCUT2D eigenvalue weighted by Crippen LogP contribution is -2.32. The van der Waals surface area contributed by atoms with Crippen LogP contribution in [-0.2, 0) is 16.4 Å². The molecule has 2 N–H and O–H groups in total. The molecular formula is C26H26N3O3S+. The van der Waals surface area contributed by atoms with Gasteiger partial charge in [0, 0.05) is 18.7 Å². The first-order chi connectivity index (χ1) is 15.8. The van der Waals surface area contributed by atoms with Crippen LogP contribution in [0.3, 0.4) is 0 Å². The number of phenols is 1. The standard InChI is InChI=1S/C26H25N3O3S/c1-17-3-7-19(8-4-17)11-13-28-23-15-22-24-20(12-14-27-22)16-29(25(24)26(23)30)33(31,32)21-9-5-18(2)6-10-21/h3-10,15-16H,11-14H2,1-2H3,(H,27,28)/p+1. The van der Waals surface area contributed by atoms with E-state index in [1.807, 2.05) is 13.0 Å². The van der Waals surface area contributed by atoms with E-state index in [4.69, 9.17) is 0 Å². The first-order valence-corrected chi connectivity index (χ1v) is 12.5. The fraction of sp³-hybridized carbons (Fsp3) is 0.231. The fourth-order valence-electron chi connectivity index (χ4n) is 4.30. The van der Waals surface area contributed by atoms with Crippen LogP contribution in [0.2, 0.25) is 0 Å². The minimum atomic E-state index is -3.88. The van der Waals surface area contributed by atoms with Gasteiger partial charge < -0.3 is 10.4 Å². The van der Waals surface area contributed by atoms with E-state index in [0.29, 0.717) is 35.8 Å². The van der Waals surface area contributed by atoms with Crippen molar-refractivity contribution in [2.24, 2.45) is 4.99 Å². The second-order valence-electron chi connectivity index (χ2n) is 8.58. The molecule has 3 aromatic carbocycles. The van der Waals surface area contributed by atoms with Gasteiger partial charge in [-0.05, 0) is 50.5 Å². The highest BCUT2D eigenvalue weighted by molar-refractivity contribution is 7.85. The van der Waals surface area contributed by atoms with Crippen LogP contribution >= 0.6 is 0 Å². The summed E-state index contributed by atoms with van der Waals surface area (Å²) in [6.07, 6.45) is 3.05. The Morgan fingerprint density at radius 2 is 1.70 bits per heavy atom. The molecule has 2 aliphatic heterocycles. The van der Waals surface area contributed by atoms with Gasteiger partial charge in [-0.25, -0.2) is 0 Å². The van der Waals surface area contributed by atoms with Crippen LogP contribution in [0.1, 0.15) is 23.1 Å². The Bertz CT molecular complexity index is 1500. The predicted octanol–water partition coefficient (Wildman–Crippen LogP) is 2.95. The smallest absolute Gasteiger partial charge is 0.400 e. The molecule has 3 aromatic rings. The molecule has 33 heavy (non-hydrogen) atoms. The monoisotopic (exact) mass is 460 g/mol. The summed E-state index contributed by atoms with van der Waals surface area (Å²) in [4.78, 5) is 4.80. The van der Waals surface area contributed by atoms with E-state index in [-0.39, 0.29) is 16.3 Å². The molecule has 168 valence electrons. The quantitative estimate of drug-likeness (QED) is 0.438. The molecule has 2 heterocycles. The molecule has 0 fully saturated rings. The molecule has 0 radical (unpaired) electrons. The number of aryl methyl sites for hydroxylation is 2. The molecule has 0 unspecified atom stereocenters. The van der Waals surface area contributed by atoms with E-state index in [1.165, 1.54) is 15.1 Å². The summed E-state index contributed by atoms with van der Waals surface area (Å²) in [5.41, 5.74) is 5.03. The number of hydrogen-bond donors (Lipinski definition) is 2. The zero-order valence-electron chi connectivity index (χ0n) is 18.7. The third kappa shape index (κ3) is 3.82. The summed E-state index contributed by atoms with van der Waals surface area (Å²) in [5, 5.41) is 15.9. The SMILES string of the molecule is Cc1ccc(CCNc2cc3c4c(c2O)[N+](S(=O)(=O)c2ccc(C)cc2)=CC=4CCN=3)cc1. The maximum atomic E-state index is 13.5. The summed E-state index contributed by atoms with van der Waals surface area (Å²) >= 11 is 0. The van der Waals surface area contributed by atoms with E-state index in [1.54, 1.807) is 30.5 Å². The van der Waals surface area contributed by atoms with Crippen molar-refractivity contribution in [3.63, 3.8) is 0 Å². The van der Waals surface area contributed by atoms with Crippen molar-refractivity contribution < 1.29 is 17.5 Å². The molecule has 0 amide bonds. The van der Waals surface area contributed by atoms with Crippen LogP contribution in [0.4, 0.5) is 11.4 Å². The van der Waals surface area contributed by atoms with Gasteiger partial charge in [0.25, 0.3) is 5.69 Å². The third-order valence-electron chi connectivity index (χ3n) is 6.16. The lowest BCUT2D eigenvalue weighted by molar-refractivity contribution is -0.253. The summed E-state index contributed by atoms with van der Waals surface area (Å²) in [5.74, 6) is -0.0725. The maximum Gasteiger partial charge on any atom is 0.400 e. The first-order valence-electron chi connectivity index (χ1n) is 11.0. The fourth-order valence-corrected chi connectivity index (χ4v) is 5.69. The number of aromatic hydroxyl groups is 1. The van der Waals surface area contributed by atoms with E-state index < -0.39 is 10.0 Å². The molecule has 6 nitrogen and oxygen atoms in total. The Balaban J connectivity index is 1.52. The molecule has 0 bridgehead atoms. The Kier molecular flexibility index (Phi) is 5.29. The first kappa shape index (κ1) is 21.4. The summed E-state index contributed by atoms with van der Waals surface area (Å²) < 4.78 is 28.2. The number of hydrogen-bond acceptors (Lipinski definition) is 5. The van der Waals surface area contributed by atoms with Crippen molar-refractivity contribution >= 4 is 33.2 Å². The van der Waals surface area contributed by atoms with E-state index >= 15 is 0 Å². The largest absolute Gasteiger partial charge is 0.501 e. The van der Waals surface area contributed by atoms with Crippen LogP contribution in [0.15, 0.2) is 64.5 Å². The van der Waals surface area contributed by atoms with Crippen molar-refractivity contribution in [2.75, 3.05) is 18.4 Å². The summed E-state index contributed by atoms with van der Waals surface area (Å²) in [6, 6.07) is 16.9. The van der Waals surface area contributed by atoms with Gasteiger partial charge in [0.1, 0.15) is 4.90 Å². The second-order valence-corrected chi connectivity index (χ2v) is 10.4. The van der Waals surface area contributed by atoms with Crippen LogP contribution < -0.4 is 15.9 Å². The molecular weight excluding hydrogens is 434 g/mol. The molecule has 7 heteroatoms. The van der Waals surface area contributed by atoms with Crippen LogP contribution in [-0.4, -0.2) is 36.8 Å². The Morgan fingerprint density at radius 3 is 2.39 bits per heavy atom. The number of phenolic OH excluding ortho intramolecular Hbond substituents is 1. The summed E-state index contributed by atoms with van der Waals surface area (Å²) in [7, 11) is -3.88. The van der Waals surface area contributed by atoms with Crippen LogP contribution in [0.25, 0.3) is 5.57 Å². The zero-order chi connectivity index (χ0) is 23.2. The van der Waals surface area contributed by atoms with Gasteiger partial charge in [-0.2, -0.15) is 8.42 Å². The number of sulfonamides is 1. The minimum Gasteiger partial charge on any atom is -0.501 e. The minimum absolute atomic E-state index is 0.0725. The normalized spacial score (nSPS) is 14.5. The highest BCUT2D eigenvalue weighted by Crippen LogP contribution is 2.35. The van der Waals surface area contributed by atoms with Gasteiger partial charge in [0.2, 0.25) is 5.75 Å². The molecule has 0 aromatic heterocycles. The number of anilines is 1. The van der Waals surface area contributed by atoms with E-state index in [2.05, 4.69) is 41.5 Å². The van der Waals surface area contributed by atoms with E-state index in [9.17, 15) is 13.5 Å². The van der Waals surface area contributed by atoms with Crippen molar-refractivity contribution in [3.8, 4) is 5.75 Å². The lowest BCUT2D eigenvalue weighted by Gasteiger charge is -2.11. The predicted molar refractivity (Wildman–Crippen MR) is 130 cm³/mol. The second kappa shape index (κ2) is 8.15. The van der Waals surface area contributed by atoms with Gasteiger partial charge >= 0.3 is 10.0 Å². The van der Waals surface area contributed by atoms with Crippen molar-refractivity contribution in [2.45, 2.75) is 31.6 Å². The number of benzene rings is 3. The van der Waals surface area contributed by atoms with Gasteiger partial charge in [-0.15, -0.1) is 0 Å². The van der Waals surface area contributed by atoms with Crippen molar-refractivity contribution in [3.05, 3.63) is 81.9 Å². The van der Waals surface area contributed by atoms with Crippen LogP contribution in [0.5, 0.6) is 5.75 Å². The highest BCUT2D eigenvalue weighted by Gasteiger charge is 2.39. The van der Waals surface area contributed by atoms with Gasteiger partial charge in [0.15, 0.2) is 6.21 Å². The third-order valence-corrected chi connectivity index (χ3v) is 7.83. The van der Waals surface area contributed by atoms with Gasteiger partial charge in [-0.1, -0.05) is 51.5 Å². The molecule has 0 atom stereocenters. The lowest BCUT2D eigenvalue weighted by atomic mass is 10.1. The number of rotatable bonds is 6.